The molecule has 4 heteroatoms. The lowest BCUT2D eigenvalue weighted by molar-refractivity contribution is -0.142. The summed E-state index contributed by atoms with van der Waals surface area (Å²) < 4.78 is 1.98. The Morgan fingerprint density at radius 3 is 2.68 bits per heavy atom. The van der Waals surface area contributed by atoms with Crippen LogP contribution in [0.2, 0.25) is 0 Å². The van der Waals surface area contributed by atoms with Crippen molar-refractivity contribution in [2.24, 2.45) is 11.8 Å². The van der Waals surface area contributed by atoms with Crippen LogP contribution in [0.5, 0.6) is 0 Å². The number of benzene rings is 1. The zero-order valence-electron chi connectivity index (χ0n) is 11.6. The highest BCUT2D eigenvalue weighted by atomic mass is 16.4. The van der Waals surface area contributed by atoms with Gasteiger partial charge in [-0.3, -0.25) is 9.48 Å². The number of carbonyl (C=O) groups is 1. The second-order valence-corrected chi connectivity index (χ2v) is 5.09. The van der Waals surface area contributed by atoms with E-state index in [1.165, 1.54) is 0 Å². The third-order valence-corrected chi connectivity index (χ3v) is 3.79. The van der Waals surface area contributed by atoms with E-state index in [4.69, 9.17) is 5.11 Å². The number of carboxylic acids is 1. The van der Waals surface area contributed by atoms with Crippen LogP contribution in [0.3, 0.4) is 0 Å². The summed E-state index contributed by atoms with van der Waals surface area (Å²) in [6.45, 7) is 6.61. The third-order valence-electron chi connectivity index (χ3n) is 3.79. The standard InChI is InChI=1S/C15H20N2O2/c1-4-17-14-8-6-5-7-12(14)13(16-17)9-10(2)11(3)15(18)19/h5-8,10-11H,4,9H2,1-3H3,(H,18,19). The molecule has 0 aliphatic rings. The fourth-order valence-electron chi connectivity index (χ4n) is 2.31. The Balaban J connectivity index is 2.33. The van der Waals surface area contributed by atoms with Crippen LogP contribution in [0.4, 0.5) is 0 Å². The van der Waals surface area contributed by atoms with Gasteiger partial charge in [0, 0.05) is 11.9 Å². The summed E-state index contributed by atoms with van der Waals surface area (Å²) in [6.07, 6.45) is 0.695. The van der Waals surface area contributed by atoms with Gasteiger partial charge in [0.1, 0.15) is 0 Å². The van der Waals surface area contributed by atoms with Gasteiger partial charge in [0.05, 0.1) is 17.1 Å². The predicted octanol–water partition coefficient (Wildman–Crippen LogP) is 2.96. The van der Waals surface area contributed by atoms with E-state index in [9.17, 15) is 4.79 Å². The summed E-state index contributed by atoms with van der Waals surface area (Å²) in [5, 5.41) is 14.8. The summed E-state index contributed by atoms with van der Waals surface area (Å²) in [5.74, 6) is -1.03. The molecule has 0 saturated carbocycles. The topological polar surface area (TPSA) is 55.1 Å². The minimum atomic E-state index is -0.744. The van der Waals surface area contributed by atoms with Crippen LogP contribution in [0.25, 0.3) is 10.9 Å². The lowest BCUT2D eigenvalue weighted by atomic mass is 9.91. The highest BCUT2D eigenvalue weighted by molar-refractivity contribution is 5.82. The van der Waals surface area contributed by atoms with Crippen LogP contribution in [0.1, 0.15) is 26.5 Å². The number of hydrogen-bond donors (Lipinski definition) is 1. The molecule has 0 saturated heterocycles. The Hall–Kier alpha value is -1.84. The number of nitrogens with zero attached hydrogens (tertiary/aromatic N) is 2. The summed E-state index contributed by atoms with van der Waals surface area (Å²) in [6, 6.07) is 8.12. The molecule has 1 heterocycles. The first-order chi connectivity index (χ1) is 9.04. The molecule has 1 aromatic carbocycles. The van der Waals surface area contributed by atoms with Gasteiger partial charge < -0.3 is 5.11 Å². The van der Waals surface area contributed by atoms with Gasteiger partial charge >= 0.3 is 5.97 Å². The van der Waals surface area contributed by atoms with E-state index >= 15 is 0 Å². The van der Waals surface area contributed by atoms with Crippen molar-refractivity contribution < 1.29 is 9.90 Å². The molecular weight excluding hydrogens is 240 g/mol. The second kappa shape index (κ2) is 5.43. The Morgan fingerprint density at radius 2 is 2.05 bits per heavy atom. The summed E-state index contributed by atoms with van der Waals surface area (Å²) in [4.78, 5) is 11.0. The lowest BCUT2D eigenvalue weighted by Crippen LogP contribution is -2.20. The van der Waals surface area contributed by atoms with Gasteiger partial charge in [-0.25, -0.2) is 0 Å². The molecular formula is C15H20N2O2. The van der Waals surface area contributed by atoms with Crippen molar-refractivity contribution in [3.63, 3.8) is 0 Å². The molecule has 1 N–H and O–H groups in total. The fraction of sp³-hybridized carbons (Fsp3) is 0.467. The maximum atomic E-state index is 11.0. The quantitative estimate of drug-likeness (QED) is 0.899. The van der Waals surface area contributed by atoms with Crippen LogP contribution in [-0.4, -0.2) is 20.9 Å². The minimum absolute atomic E-state index is 0.0705. The third kappa shape index (κ3) is 2.62. The van der Waals surface area contributed by atoms with E-state index in [1.54, 1.807) is 6.92 Å². The molecule has 0 amide bonds. The normalized spacial score (nSPS) is 14.5. The van der Waals surface area contributed by atoms with Gasteiger partial charge in [0.15, 0.2) is 0 Å². The Bertz CT molecular complexity index is 589. The highest BCUT2D eigenvalue weighted by Crippen LogP contribution is 2.23. The zero-order valence-corrected chi connectivity index (χ0v) is 11.6. The van der Waals surface area contributed by atoms with Gasteiger partial charge in [-0.05, 0) is 25.3 Å². The van der Waals surface area contributed by atoms with Crippen LogP contribution in [0, 0.1) is 11.8 Å². The molecule has 102 valence electrons. The van der Waals surface area contributed by atoms with Gasteiger partial charge in [0.2, 0.25) is 0 Å². The zero-order chi connectivity index (χ0) is 14.0. The van der Waals surface area contributed by atoms with Gasteiger partial charge in [0.25, 0.3) is 0 Å². The average Bonchev–Trinajstić information content (AvgIpc) is 2.76. The van der Waals surface area contributed by atoms with E-state index in [2.05, 4.69) is 24.2 Å². The number of aryl methyl sites for hydroxylation is 1. The maximum Gasteiger partial charge on any atom is 0.306 e. The predicted molar refractivity (Wildman–Crippen MR) is 75.1 cm³/mol. The van der Waals surface area contributed by atoms with Crippen molar-refractivity contribution in [2.75, 3.05) is 0 Å². The molecule has 2 rings (SSSR count). The summed E-state index contributed by atoms with van der Waals surface area (Å²) >= 11 is 0. The van der Waals surface area contributed by atoms with E-state index in [0.717, 1.165) is 23.1 Å². The molecule has 0 bridgehead atoms. The monoisotopic (exact) mass is 260 g/mol. The molecule has 2 unspecified atom stereocenters. The van der Waals surface area contributed by atoms with E-state index in [1.807, 2.05) is 23.7 Å². The molecule has 0 spiro atoms. The SMILES string of the molecule is CCn1nc(CC(C)C(C)C(=O)O)c2ccccc21. The Morgan fingerprint density at radius 1 is 1.37 bits per heavy atom. The molecule has 2 aromatic rings. The van der Waals surface area contributed by atoms with Crippen molar-refractivity contribution in [3.05, 3.63) is 30.0 Å². The summed E-state index contributed by atoms with van der Waals surface area (Å²) in [7, 11) is 0. The largest absolute Gasteiger partial charge is 0.481 e. The second-order valence-electron chi connectivity index (χ2n) is 5.09. The fourth-order valence-corrected chi connectivity index (χ4v) is 2.31. The van der Waals surface area contributed by atoms with Crippen LogP contribution in [0.15, 0.2) is 24.3 Å². The lowest BCUT2D eigenvalue weighted by Gasteiger charge is -2.14. The molecule has 0 fully saturated rings. The number of carboxylic acid groups (broad SMARTS) is 1. The van der Waals surface area contributed by atoms with Gasteiger partial charge in [-0.15, -0.1) is 0 Å². The number of aromatic nitrogens is 2. The number of hydrogen-bond acceptors (Lipinski definition) is 2. The smallest absolute Gasteiger partial charge is 0.306 e. The highest BCUT2D eigenvalue weighted by Gasteiger charge is 2.21. The molecule has 4 nitrogen and oxygen atoms in total. The summed E-state index contributed by atoms with van der Waals surface area (Å²) in [5.41, 5.74) is 2.12. The van der Waals surface area contributed by atoms with Crippen molar-refractivity contribution in [2.45, 2.75) is 33.7 Å². The van der Waals surface area contributed by atoms with E-state index in [0.29, 0.717) is 6.42 Å². The number of para-hydroxylation sites is 1. The van der Waals surface area contributed by atoms with Crippen LogP contribution >= 0.6 is 0 Å². The molecule has 0 aliphatic heterocycles. The average molecular weight is 260 g/mol. The molecule has 0 radical (unpaired) electrons. The van der Waals surface area contributed by atoms with Crippen molar-refractivity contribution in [3.8, 4) is 0 Å². The Labute approximate surface area is 113 Å². The van der Waals surface area contributed by atoms with Crippen molar-refractivity contribution in [1.82, 2.24) is 9.78 Å². The Kier molecular flexibility index (Phi) is 3.88. The van der Waals surface area contributed by atoms with Gasteiger partial charge in [-0.2, -0.15) is 5.10 Å². The van der Waals surface area contributed by atoms with E-state index < -0.39 is 5.97 Å². The van der Waals surface area contributed by atoms with Crippen LogP contribution < -0.4 is 0 Å². The molecule has 2 atom stereocenters. The van der Waals surface area contributed by atoms with Crippen molar-refractivity contribution >= 4 is 16.9 Å². The minimum Gasteiger partial charge on any atom is -0.481 e. The van der Waals surface area contributed by atoms with Crippen LogP contribution in [-0.2, 0) is 17.8 Å². The first kappa shape index (κ1) is 13.6. The number of fused-ring (bicyclic) bond motifs is 1. The first-order valence-electron chi connectivity index (χ1n) is 6.71. The number of rotatable bonds is 5. The first-order valence-corrected chi connectivity index (χ1v) is 6.71. The maximum absolute atomic E-state index is 11.0. The molecule has 1 aromatic heterocycles. The van der Waals surface area contributed by atoms with Gasteiger partial charge in [-0.1, -0.05) is 32.0 Å². The molecule has 19 heavy (non-hydrogen) atoms. The van der Waals surface area contributed by atoms with Crippen molar-refractivity contribution in [1.29, 1.82) is 0 Å². The number of aliphatic carboxylic acids is 1. The molecule has 0 aliphatic carbocycles. The van der Waals surface area contributed by atoms with E-state index in [-0.39, 0.29) is 11.8 Å².